The third-order valence-corrected chi connectivity index (χ3v) is 2.70. The zero-order valence-corrected chi connectivity index (χ0v) is 9.08. The van der Waals surface area contributed by atoms with Crippen LogP contribution in [0, 0.1) is 5.92 Å². The van der Waals surface area contributed by atoms with Crippen molar-refractivity contribution in [2.75, 3.05) is 6.61 Å². The quantitative estimate of drug-likeness (QED) is 0.657. The maximum Gasteiger partial charge on any atom is 0.160 e. The van der Waals surface area contributed by atoms with E-state index < -0.39 is 0 Å². The largest absolute Gasteiger partial charge is 0.350 e. The van der Waals surface area contributed by atoms with Crippen LogP contribution in [0.1, 0.15) is 46.5 Å². The maximum atomic E-state index is 5.69. The van der Waals surface area contributed by atoms with Crippen LogP contribution in [0.4, 0.5) is 0 Å². The summed E-state index contributed by atoms with van der Waals surface area (Å²) in [5.74, 6) is 0.602. The van der Waals surface area contributed by atoms with Gasteiger partial charge in [-0.2, -0.15) is 0 Å². The van der Waals surface area contributed by atoms with Crippen molar-refractivity contribution in [2.45, 2.75) is 58.8 Å². The van der Waals surface area contributed by atoms with E-state index in [0.29, 0.717) is 12.0 Å². The van der Waals surface area contributed by atoms with Crippen molar-refractivity contribution >= 4 is 0 Å². The molecule has 2 nitrogen and oxygen atoms in total. The minimum absolute atomic E-state index is 0.0755. The van der Waals surface area contributed by atoms with Crippen LogP contribution in [0.25, 0.3) is 0 Å². The molecule has 0 unspecified atom stereocenters. The van der Waals surface area contributed by atoms with Gasteiger partial charge >= 0.3 is 0 Å². The number of ether oxygens (including phenoxy) is 2. The summed E-state index contributed by atoms with van der Waals surface area (Å²) in [5, 5.41) is 0. The normalized spacial score (nSPS) is 30.7. The summed E-state index contributed by atoms with van der Waals surface area (Å²) in [6.45, 7) is 7.29. The molecule has 1 heterocycles. The second kappa shape index (κ2) is 5.61. The fourth-order valence-electron chi connectivity index (χ4n) is 1.78. The molecule has 0 amide bonds. The summed E-state index contributed by atoms with van der Waals surface area (Å²) in [6.07, 6.45) is 5.32. The predicted octanol–water partition coefficient (Wildman–Crippen LogP) is 2.96. The van der Waals surface area contributed by atoms with E-state index in [9.17, 15) is 0 Å². The van der Waals surface area contributed by atoms with E-state index in [1.165, 1.54) is 19.3 Å². The molecule has 1 aliphatic rings. The third kappa shape index (κ3) is 3.28. The Kier molecular flexibility index (Phi) is 4.74. The molecule has 3 atom stereocenters. The number of unbranched alkanes of at least 4 members (excludes halogenated alkanes) is 1. The highest BCUT2D eigenvalue weighted by Gasteiger charge is 2.28. The summed E-state index contributed by atoms with van der Waals surface area (Å²) in [4.78, 5) is 0. The molecule has 0 saturated carbocycles. The molecule has 0 N–H and O–H groups in total. The Bertz CT molecular complexity index is 136. The standard InChI is InChI=1S/C11H22O2/c1-4-6-7-10(5-2)11-12-8-9(3)13-11/h9-11H,4-8H2,1-3H3/t9-,10-,11-/m0/s1. The van der Waals surface area contributed by atoms with E-state index in [0.717, 1.165) is 13.0 Å². The molecule has 2 heteroatoms. The highest BCUT2D eigenvalue weighted by Crippen LogP contribution is 2.25. The lowest BCUT2D eigenvalue weighted by atomic mass is 9.99. The summed E-state index contributed by atoms with van der Waals surface area (Å²) in [7, 11) is 0. The summed E-state index contributed by atoms with van der Waals surface area (Å²) in [6, 6.07) is 0. The Morgan fingerprint density at radius 3 is 2.62 bits per heavy atom. The van der Waals surface area contributed by atoms with Crippen LogP contribution in [0.15, 0.2) is 0 Å². The number of hydrogen-bond donors (Lipinski definition) is 0. The Morgan fingerprint density at radius 1 is 1.38 bits per heavy atom. The van der Waals surface area contributed by atoms with E-state index in [1.807, 2.05) is 0 Å². The number of hydrogen-bond acceptors (Lipinski definition) is 2. The van der Waals surface area contributed by atoms with Gasteiger partial charge in [-0.05, 0) is 19.8 Å². The average Bonchev–Trinajstić information content (AvgIpc) is 2.54. The monoisotopic (exact) mass is 186 g/mol. The Morgan fingerprint density at radius 2 is 2.15 bits per heavy atom. The molecule has 0 aromatic carbocycles. The van der Waals surface area contributed by atoms with Crippen molar-refractivity contribution in [1.82, 2.24) is 0 Å². The predicted molar refractivity (Wildman–Crippen MR) is 53.6 cm³/mol. The summed E-state index contributed by atoms with van der Waals surface area (Å²) < 4.78 is 11.3. The van der Waals surface area contributed by atoms with Crippen LogP contribution in [0.5, 0.6) is 0 Å². The van der Waals surface area contributed by atoms with E-state index >= 15 is 0 Å². The molecule has 0 aromatic heterocycles. The second-order valence-electron chi connectivity index (χ2n) is 3.96. The van der Waals surface area contributed by atoms with E-state index in [4.69, 9.17) is 9.47 Å². The topological polar surface area (TPSA) is 18.5 Å². The molecule has 0 bridgehead atoms. The van der Waals surface area contributed by atoms with Crippen molar-refractivity contribution in [3.63, 3.8) is 0 Å². The van der Waals surface area contributed by atoms with Crippen LogP contribution in [-0.4, -0.2) is 19.0 Å². The van der Waals surface area contributed by atoms with Gasteiger partial charge in [0.2, 0.25) is 0 Å². The van der Waals surface area contributed by atoms with Crippen LogP contribution in [-0.2, 0) is 9.47 Å². The first-order chi connectivity index (χ1) is 6.27. The van der Waals surface area contributed by atoms with E-state index in [2.05, 4.69) is 20.8 Å². The van der Waals surface area contributed by atoms with Crippen molar-refractivity contribution in [3.8, 4) is 0 Å². The van der Waals surface area contributed by atoms with Crippen LogP contribution < -0.4 is 0 Å². The van der Waals surface area contributed by atoms with Crippen molar-refractivity contribution < 1.29 is 9.47 Å². The Balaban J connectivity index is 2.29. The first kappa shape index (κ1) is 11.0. The highest BCUT2D eigenvalue weighted by molar-refractivity contribution is 4.68. The van der Waals surface area contributed by atoms with Gasteiger partial charge in [-0.3, -0.25) is 0 Å². The minimum atomic E-state index is 0.0755. The molecule has 0 aliphatic carbocycles. The molecular weight excluding hydrogens is 164 g/mol. The van der Waals surface area contributed by atoms with Gasteiger partial charge in [0.15, 0.2) is 6.29 Å². The van der Waals surface area contributed by atoms with E-state index in [-0.39, 0.29) is 6.29 Å². The average molecular weight is 186 g/mol. The fourth-order valence-corrected chi connectivity index (χ4v) is 1.78. The van der Waals surface area contributed by atoms with Gasteiger partial charge in [0.1, 0.15) is 0 Å². The molecular formula is C11H22O2. The molecule has 0 aromatic rings. The maximum absolute atomic E-state index is 5.69. The number of rotatable bonds is 5. The molecule has 1 rings (SSSR count). The fraction of sp³-hybridized carbons (Fsp3) is 1.00. The smallest absolute Gasteiger partial charge is 0.160 e. The first-order valence-electron chi connectivity index (χ1n) is 5.55. The minimum Gasteiger partial charge on any atom is -0.350 e. The molecule has 0 spiro atoms. The lowest BCUT2D eigenvalue weighted by molar-refractivity contribution is -0.0973. The van der Waals surface area contributed by atoms with Crippen LogP contribution >= 0.6 is 0 Å². The Labute approximate surface area is 81.6 Å². The van der Waals surface area contributed by atoms with Gasteiger partial charge in [0.05, 0.1) is 12.7 Å². The molecule has 1 saturated heterocycles. The molecule has 78 valence electrons. The van der Waals surface area contributed by atoms with Gasteiger partial charge in [0, 0.05) is 5.92 Å². The van der Waals surface area contributed by atoms with Crippen molar-refractivity contribution in [2.24, 2.45) is 5.92 Å². The highest BCUT2D eigenvalue weighted by atomic mass is 16.7. The van der Waals surface area contributed by atoms with Gasteiger partial charge < -0.3 is 9.47 Å². The van der Waals surface area contributed by atoms with Gasteiger partial charge in [-0.25, -0.2) is 0 Å². The van der Waals surface area contributed by atoms with Gasteiger partial charge in [-0.15, -0.1) is 0 Å². The van der Waals surface area contributed by atoms with Crippen molar-refractivity contribution in [1.29, 1.82) is 0 Å². The van der Waals surface area contributed by atoms with Crippen LogP contribution in [0.3, 0.4) is 0 Å². The molecule has 0 radical (unpaired) electrons. The second-order valence-corrected chi connectivity index (χ2v) is 3.96. The lowest BCUT2D eigenvalue weighted by Gasteiger charge is -2.20. The zero-order valence-electron chi connectivity index (χ0n) is 9.08. The molecule has 1 aliphatic heterocycles. The first-order valence-corrected chi connectivity index (χ1v) is 5.55. The molecule has 1 fully saturated rings. The van der Waals surface area contributed by atoms with E-state index in [1.54, 1.807) is 0 Å². The van der Waals surface area contributed by atoms with Gasteiger partial charge in [-0.1, -0.05) is 26.7 Å². The molecule has 13 heavy (non-hydrogen) atoms. The zero-order chi connectivity index (χ0) is 9.68. The van der Waals surface area contributed by atoms with Crippen LogP contribution in [0.2, 0.25) is 0 Å². The van der Waals surface area contributed by atoms with Crippen molar-refractivity contribution in [3.05, 3.63) is 0 Å². The summed E-state index contributed by atoms with van der Waals surface area (Å²) in [5.41, 5.74) is 0. The van der Waals surface area contributed by atoms with Gasteiger partial charge in [0.25, 0.3) is 0 Å². The third-order valence-electron chi connectivity index (χ3n) is 2.70. The SMILES string of the molecule is CCCC[C@H](CC)[C@H]1OC[C@H](C)O1. The lowest BCUT2D eigenvalue weighted by Crippen LogP contribution is -2.21. The Hall–Kier alpha value is -0.0800. The summed E-state index contributed by atoms with van der Waals surface area (Å²) >= 11 is 0.